The first-order valence-electron chi connectivity index (χ1n) is 6.30. The monoisotopic (exact) mass is 341 g/mol. The number of carbonyl (C=O) groups is 2. The first-order chi connectivity index (χ1) is 9.51. The molecule has 1 saturated heterocycles. The maximum atomic E-state index is 11.9. The van der Waals surface area contributed by atoms with Gasteiger partial charge in [-0.2, -0.15) is 0 Å². The van der Waals surface area contributed by atoms with E-state index in [0.29, 0.717) is 19.4 Å². The Labute approximate surface area is 125 Å². The number of aromatic hydroxyl groups is 1. The number of esters is 1. The van der Waals surface area contributed by atoms with Gasteiger partial charge in [0, 0.05) is 24.2 Å². The van der Waals surface area contributed by atoms with Crippen LogP contribution < -0.4 is 0 Å². The number of phenolic OH excluding ortho intramolecular Hbond substituents is 1. The zero-order chi connectivity index (χ0) is 14.7. The van der Waals surface area contributed by atoms with Crippen molar-refractivity contribution in [3.63, 3.8) is 0 Å². The van der Waals surface area contributed by atoms with Crippen LogP contribution in [-0.4, -0.2) is 46.4 Å². The van der Waals surface area contributed by atoms with Gasteiger partial charge in [-0.05, 0) is 17.7 Å². The van der Waals surface area contributed by atoms with Gasteiger partial charge in [-0.3, -0.25) is 4.79 Å². The van der Waals surface area contributed by atoms with Crippen molar-refractivity contribution < 1.29 is 19.4 Å². The topological polar surface area (TPSA) is 66.8 Å². The van der Waals surface area contributed by atoms with Crippen molar-refractivity contribution in [3.05, 3.63) is 29.8 Å². The number of hydrogen-bond donors (Lipinski definition) is 1. The largest absolute Gasteiger partial charge is 0.508 e. The van der Waals surface area contributed by atoms with Crippen LogP contribution in [0.2, 0.25) is 0 Å². The van der Waals surface area contributed by atoms with E-state index < -0.39 is 12.0 Å². The first kappa shape index (κ1) is 14.8. The summed E-state index contributed by atoms with van der Waals surface area (Å²) in [6, 6.07) is 5.96. The average molecular weight is 342 g/mol. The van der Waals surface area contributed by atoms with Crippen LogP contribution in [0.1, 0.15) is 12.0 Å². The highest BCUT2D eigenvalue weighted by molar-refractivity contribution is 9.09. The molecule has 1 aromatic rings. The highest BCUT2D eigenvalue weighted by Gasteiger charge is 2.37. The van der Waals surface area contributed by atoms with Crippen molar-refractivity contribution >= 4 is 27.8 Å². The lowest BCUT2D eigenvalue weighted by Gasteiger charge is -2.25. The van der Waals surface area contributed by atoms with Crippen LogP contribution in [0, 0.1) is 0 Å². The van der Waals surface area contributed by atoms with E-state index in [2.05, 4.69) is 15.9 Å². The lowest BCUT2D eigenvalue weighted by atomic mass is 10.0. The quantitative estimate of drug-likeness (QED) is 0.665. The molecule has 0 spiro atoms. The molecule has 1 heterocycles. The number of likely N-dealkylation sites (tertiary alicyclic amines) is 1. The van der Waals surface area contributed by atoms with E-state index in [1.54, 1.807) is 29.2 Å². The third-order valence-electron chi connectivity index (χ3n) is 3.33. The summed E-state index contributed by atoms with van der Waals surface area (Å²) in [5, 5.41) is 9.27. The fraction of sp³-hybridized carbons (Fsp3) is 0.429. The molecule has 1 aliphatic heterocycles. The minimum Gasteiger partial charge on any atom is -0.508 e. The molecule has 0 radical (unpaired) electrons. The molecular weight excluding hydrogens is 326 g/mol. The second-order valence-corrected chi connectivity index (χ2v) is 6.05. The minimum absolute atomic E-state index is 0.0546. The summed E-state index contributed by atoms with van der Waals surface area (Å²) in [6.45, 7) is 0.497. The summed E-state index contributed by atoms with van der Waals surface area (Å²) in [7, 11) is 1.32. The fourth-order valence-corrected chi connectivity index (χ4v) is 2.89. The van der Waals surface area contributed by atoms with Crippen LogP contribution in [0.5, 0.6) is 5.75 Å². The Morgan fingerprint density at radius 2 is 2.15 bits per heavy atom. The molecule has 0 bridgehead atoms. The zero-order valence-electron chi connectivity index (χ0n) is 11.1. The number of phenols is 1. The van der Waals surface area contributed by atoms with Crippen LogP contribution in [0.4, 0.5) is 0 Å². The molecule has 20 heavy (non-hydrogen) atoms. The van der Waals surface area contributed by atoms with E-state index in [0.717, 1.165) is 5.56 Å². The molecule has 1 fully saturated rings. The zero-order valence-corrected chi connectivity index (χ0v) is 12.7. The van der Waals surface area contributed by atoms with Crippen molar-refractivity contribution in [2.45, 2.75) is 23.7 Å². The minimum atomic E-state index is -0.625. The molecule has 0 aliphatic carbocycles. The molecule has 1 N–H and O–H groups in total. The Balaban J connectivity index is 2.18. The number of halogens is 1. The smallest absolute Gasteiger partial charge is 0.328 e. The summed E-state index contributed by atoms with van der Waals surface area (Å²) in [5.41, 5.74) is 0.865. The fourth-order valence-electron chi connectivity index (χ4n) is 2.30. The Bertz CT molecular complexity index is 502. The second kappa shape index (κ2) is 6.26. The maximum Gasteiger partial charge on any atom is 0.328 e. The normalized spacial score (nSPS) is 20.0. The van der Waals surface area contributed by atoms with Crippen LogP contribution in [0.15, 0.2) is 24.3 Å². The van der Waals surface area contributed by atoms with Crippen molar-refractivity contribution in [1.82, 2.24) is 4.90 Å². The number of nitrogens with zero attached hydrogens (tertiary/aromatic N) is 1. The SMILES string of the molecule is COC(=O)[C@H](Cc1ccc(O)cc1)N1CC(Br)CC1=O. The van der Waals surface area contributed by atoms with E-state index in [-0.39, 0.29) is 16.5 Å². The lowest BCUT2D eigenvalue weighted by Crippen LogP contribution is -2.44. The molecule has 1 aliphatic rings. The van der Waals surface area contributed by atoms with Gasteiger partial charge in [0.15, 0.2) is 0 Å². The van der Waals surface area contributed by atoms with Crippen LogP contribution >= 0.6 is 15.9 Å². The number of rotatable bonds is 4. The van der Waals surface area contributed by atoms with E-state index in [9.17, 15) is 14.7 Å². The van der Waals surface area contributed by atoms with E-state index >= 15 is 0 Å². The number of carbonyl (C=O) groups excluding carboxylic acids is 2. The van der Waals surface area contributed by atoms with Gasteiger partial charge in [-0.15, -0.1) is 0 Å². The number of amides is 1. The van der Waals surface area contributed by atoms with Gasteiger partial charge in [0.05, 0.1) is 7.11 Å². The summed E-state index contributed by atoms with van der Waals surface area (Å²) < 4.78 is 4.81. The molecule has 2 atom stereocenters. The van der Waals surface area contributed by atoms with Gasteiger partial charge in [0.25, 0.3) is 0 Å². The molecule has 1 amide bonds. The molecule has 5 nitrogen and oxygen atoms in total. The molecule has 0 aromatic heterocycles. The third kappa shape index (κ3) is 3.30. The predicted molar refractivity (Wildman–Crippen MR) is 76.7 cm³/mol. The van der Waals surface area contributed by atoms with E-state index in [1.165, 1.54) is 7.11 Å². The maximum absolute atomic E-state index is 11.9. The van der Waals surface area contributed by atoms with Gasteiger partial charge >= 0.3 is 5.97 Å². The van der Waals surface area contributed by atoms with Crippen molar-refractivity contribution in [3.8, 4) is 5.75 Å². The molecule has 108 valence electrons. The summed E-state index contributed by atoms with van der Waals surface area (Å²) >= 11 is 3.41. The van der Waals surface area contributed by atoms with E-state index in [4.69, 9.17) is 4.74 Å². The van der Waals surface area contributed by atoms with Crippen molar-refractivity contribution in [2.75, 3.05) is 13.7 Å². The Hall–Kier alpha value is -1.56. The standard InChI is InChI=1S/C14H16BrNO4/c1-20-14(19)12(16-8-10(15)7-13(16)18)6-9-2-4-11(17)5-3-9/h2-5,10,12,17H,6-8H2,1H3/t10?,12-/m0/s1. The molecule has 1 aromatic carbocycles. The van der Waals surface area contributed by atoms with Gasteiger partial charge in [-0.25, -0.2) is 4.79 Å². The Kier molecular flexibility index (Phi) is 4.65. The third-order valence-corrected chi connectivity index (χ3v) is 3.94. The lowest BCUT2D eigenvalue weighted by molar-refractivity contribution is -0.151. The number of hydrogen-bond acceptors (Lipinski definition) is 4. The van der Waals surface area contributed by atoms with Crippen molar-refractivity contribution in [2.24, 2.45) is 0 Å². The summed E-state index contributed by atoms with van der Waals surface area (Å²) in [6.07, 6.45) is 0.765. The Morgan fingerprint density at radius 1 is 1.50 bits per heavy atom. The highest BCUT2D eigenvalue weighted by atomic mass is 79.9. The molecule has 0 saturated carbocycles. The number of methoxy groups -OCH3 is 1. The van der Waals surface area contributed by atoms with Gasteiger partial charge in [0.2, 0.25) is 5.91 Å². The van der Waals surface area contributed by atoms with Crippen molar-refractivity contribution in [1.29, 1.82) is 0 Å². The predicted octanol–water partition coefficient (Wildman–Crippen LogP) is 1.47. The summed E-state index contributed by atoms with van der Waals surface area (Å²) in [5.74, 6) is -0.310. The first-order valence-corrected chi connectivity index (χ1v) is 7.22. The van der Waals surface area contributed by atoms with Gasteiger partial charge in [-0.1, -0.05) is 28.1 Å². The van der Waals surface area contributed by atoms with Crippen LogP contribution in [0.25, 0.3) is 0 Å². The second-order valence-electron chi connectivity index (χ2n) is 4.76. The number of ether oxygens (including phenoxy) is 1. The number of alkyl halides is 1. The van der Waals surface area contributed by atoms with E-state index in [1.807, 2.05) is 0 Å². The molecule has 1 unspecified atom stereocenters. The number of benzene rings is 1. The van der Waals surface area contributed by atoms with Gasteiger partial charge in [0.1, 0.15) is 11.8 Å². The van der Waals surface area contributed by atoms with Gasteiger partial charge < -0.3 is 14.7 Å². The molecular formula is C14H16BrNO4. The summed E-state index contributed by atoms with van der Waals surface area (Å²) in [4.78, 5) is 25.5. The highest BCUT2D eigenvalue weighted by Crippen LogP contribution is 2.23. The molecule has 2 rings (SSSR count). The average Bonchev–Trinajstić information content (AvgIpc) is 2.76. The van der Waals surface area contributed by atoms with Crippen LogP contribution in [0.3, 0.4) is 0 Å². The molecule has 6 heteroatoms. The van der Waals surface area contributed by atoms with Crippen LogP contribution in [-0.2, 0) is 20.7 Å². The Morgan fingerprint density at radius 3 is 2.65 bits per heavy atom.